The van der Waals surface area contributed by atoms with E-state index in [9.17, 15) is 4.79 Å². The standard InChI is InChI=1S/C10H17NO2/c1-10(2,3)13-9(12)11-5-7-4-8(7)6-11/h7-8H,4-6H2,1-3H3/t7-,8-/m1/s1. The van der Waals surface area contributed by atoms with Crippen molar-refractivity contribution >= 4 is 6.09 Å². The van der Waals surface area contributed by atoms with Gasteiger partial charge in [0, 0.05) is 13.1 Å². The summed E-state index contributed by atoms with van der Waals surface area (Å²) in [7, 11) is 0. The second-order valence-corrected chi connectivity index (χ2v) is 5.14. The molecular formula is C10H17NO2. The fourth-order valence-electron chi connectivity index (χ4n) is 1.87. The fraction of sp³-hybridized carbons (Fsp3) is 0.900. The maximum absolute atomic E-state index is 11.5. The molecule has 0 bridgehead atoms. The van der Waals surface area contributed by atoms with Gasteiger partial charge in [0.15, 0.2) is 0 Å². The van der Waals surface area contributed by atoms with E-state index in [2.05, 4.69) is 0 Å². The molecule has 2 fully saturated rings. The Morgan fingerprint density at radius 2 is 1.85 bits per heavy atom. The van der Waals surface area contributed by atoms with Crippen LogP contribution >= 0.6 is 0 Å². The summed E-state index contributed by atoms with van der Waals surface area (Å²) in [6.45, 7) is 7.55. The van der Waals surface area contributed by atoms with Crippen LogP contribution in [-0.4, -0.2) is 29.7 Å². The SMILES string of the molecule is CC(C)(C)OC(=O)N1C[C@H]2C[C@@H]2C1. The zero-order chi connectivity index (χ0) is 9.64. The summed E-state index contributed by atoms with van der Waals surface area (Å²) in [5, 5.41) is 0. The van der Waals surface area contributed by atoms with E-state index >= 15 is 0 Å². The highest BCUT2D eigenvalue weighted by Crippen LogP contribution is 2.45. The van der Waals surface area contributed by atoms with Gasteiger partial charge in [-0.15, -0.1) is 0 Å². The predicted molar refractivity (Wildman–Crippen MR) is 49.4 cm³/mol. The van der Waals surface area contributed by atoms with Crippen LogP contribution in [0.3, 0.4) is 0 Å². The molecule has 0 aromatic carbocycles. The smallest absolute Gasteiger partial charge is 0.410 e. The third kappa shape index (κ3) is 1.95. The van der Waals surface area contributed by atoms with E-state index in [1.54, 1.807) is 0 Å². The topological polar surface area (TPSA) is 29.5 Å². The number of amides is 1. The summed E-state index contributed by atoms with van der Waals surface area (Å²) in [5.74, 6) is 1.57. The number of rotatable bonds is 0. The lowest BCUT2D eigenvalue weighted by Crippen LogP contribution is -2.36. The van der Waals surface area contributed by atoms with Gasteiger partial charge in [-0.1, -0.05) is 0 Å². The first-order valence-electron chi connectivity index (χ1n) is 4.93. The third-order valence-electron chi connectivity index (χ3n) is 2.63. The van der Waals surface area contributed by atoms with Crippen LogP contribution in [0.2, 0.25) is 0 Å². The second kappa shape index (κ2) is 2.63. The molecule has 2 atom stereocenters. The monoisotopic (exact) mass is 183 g/mol. The number of ether oxygens (including phenoxy) is 1. The van der Waals surface area contributed by atoms with Gasteiger partial charge in [-0.2, -0.15) is 0 Å². The zero-order valence-corrected chi connectivity index (χ0v) is 8.54. The first-order valence-corrected chi connectivity index (χ1v) is 4.93. The molecule has 1 aliphatic heterocycles. The minimum Gasteiger partial charge on any atom is -0.444 e. The van der Waals surface area contributed by atoms with Crippen molar-refractivity contribution in [3.05, 3.63) is 0 Å². The number of carbonyl (C=O) groups is 1. The number of nitrogens with zero attached hydrogens (tertiary/aromatic N) is 1. The quantitative estimate of drug-likeness (QED) is 0.574. The van der Waals surface area contributed by atoms with Crippen LogP contribution < -0.4 is 0 Å². The maximum Gasteiger partial charge on any atom is 0.410 e. The molecule has 13 heavy (non-hydrogen) atoms. The van der Waals surface area contributed by atoms with Crippen molar-refractivity contribution in [2.24, 2.45) is 11.8 Å². The van der Waals surface area contributed by atoms with Crippen molar-refractivity contribution in [2.45, 2.75) is 32.8 Å². The number of carbonyl (C=O) groups excluding carboxylic acids is 1. The summed E-state index contributed by atoms with van der Waals surface area (Å²) in [5.41, 5.74) is -0.357. The van der Waals surface area contributed by atoms with E-state index in [1.165, 1.54) is 6.42 Å². The number of hydrogen-bond donors (Lipinski definition) is 0. The first kappa shape index (κ1) is 8.85. The largest absolute Gasteiger partial charge is 0.444 e. The summed E-state index contributed by atoms with van der Waals surface area (Å²) < 4.78 is 5.28. The van der Waals surface area contributed by atoms with Gasteiger partial charge in [0.25, 0.3) is 0 Å². The van der Waals surface area contributed by atoms with Gasteiger partial charge in [-0.25, -0.2) is 4.79 Å². The number of fused-ring (bicyclic) bond motifs is 1. The molecule has 2 rings (SSSR count). The van der Waals surface area contributed by atoms with E-state index in [1.807, 2.05) is 25.7 Å². The van der Waals surface area contributed by atoms with Gasteiger partial charge in [-0.05, 0) is 39.0 Å². The Labute approximate surface area is 79.0 Å². The molecule has 0 aromatic rings. The molecule has 0 unspecified atom stereocenters. The van der Waals surface area contributed by atoms with E-state index in [0.29, 0.717) is 0 Å². The van der Waals surface area contributed by atoms with Gasteiger partial charge in [-0.3, -0.25) is 0 Å². The molecule has 0 spiro atoms. The highest BCUT2D eigenvalue weighted by atomic mass is 16.6. The normalized spacial score (nSPS) is 31.5. The van der Waals surface area contributed by atoms with Crippen molar-refractivity contribution in [1.82, 2.24) is 4.90 Å². The van der Waals surface area contributed by atoms with E-state index in [0.717, 1.165) is 24.9 Å². The van der Waals surface area contributed by atoms with Crippen molar-refractivity contribution < 1.29 is 9.53 Å². The summed E-state index contributed by atoms with van der Waals surface area (Å²) in [6.07, 6.45) is 1.18. The van der Waals surface area contributed by atoms with Gasteiger partial charge in [0.05, 0.1) is 0 Å². The van der Waals surface area contributed by atoms with Crippen molar-refractivity contribution in [1.29, 1.82) is 0 Å². The molecule has 0 N–H and O–H groups in total. The lowest BCUT2D eigenvalue weighted by molar-refractivity contribution is 0.0274. The van der Waals surface area contributed by atoms with Crippen molar-refractivity contribution in [3.63, 3.8) is 0 Å². The second-order valence-electron chi connectivity index (χ2n) is 5.14. The minimum absolute atomic E-state index is 0.139. The van der Waals surface area contributed by atoms with Crippen LogP contribution in [0.1, 0.15) is 27.2 Å². The summed E-state index contributed by atoms with van der Waals surface area (Å²) in [6, 6.07) is 0. The molecule has 1 saturated heterocycles. The van der Waals surface area contributed by atoms with Gasteiger partial charge < -0.3 is 9.64 Å². The lowest BCUT2D eigenvalue weighted by Gasteiger charge is -2.25. The van der Waals surface area contributed by atoms with Crippen LogP contribution in [0.4, 0.5) is 4.79 Å². The van der Waals surface area contributed by atoms with Crippen molar-refractivity contribution in [2.75, 3.05) is 13.1 Å². The lowest BCUT2D eigenvalue weighted by atomic mass is 10.2. The molecule has 1 saturated carbocycles. The Bertz CT molecular complexity index is 222. The summed E-state index contributed by atoms with van der Waals surface area (Å²) in [4.78, 5) is 13.4. The molecule has 1 aliphatic carbocycles. The van der Waals surface area contributed by atoms with Gasteiger partial charge in [0.1, 0.15) is 5.60 Å². The number of piperidine rings is 1. The molecule has 0 radical (unpaired) electrons. The Balaban J connectivity index is 1.84. The highest BCUT2D eigenvalue weighted by Gasteiger charge is 2.47. The van der Waals surface area contributed by atoms with Crippen LogP contribution in [-0.2, 0) is 4.74 Å². The average molecular weight is 183 g/mol. The molecule has 74 valence electrons. The van der Waals surface area contributed by atoms with E-state index in [-0.39, 0.29) is 11.7 Å². The molecule has 3 nitrogen and oxygen atoms in total. The van der Waals surface area contributed by atoms with E-state index in [4.69, 9.17) is 4.74 Å². The predicted octanol–water partition coefficient (Wildman–Crippen LogP) is 1.87. The average Bonchev–Trinajstić information content (AvgIpc) is 2.55. The number of likely N-dealkylation sites (tertiary alicyclic amines) is 1. The molecule has 0 aromatic heterocycles. The first-order chi connectivity index (χ1) is 5.96. The Morgan fingerprint density at radius 3 is 2.31 bits per heavy atom. The number of hydrogen-bond acceptors (Lipinski definition) is 2. The third-order valence-corrected chi connectivity index (χ3v) is 2.63. The fourth-order valence-corrected chi connectivity index (χ4v) is 1.87. The van der Waals surface area contributed by atoms with Gasteiger partial charge in [0.2, 0.25) is 0 Å². The Hall–Kier alpha value is -0.730. The molecule has 3 heteroatoms. The molecular weight excluding hydrogens is 166 g/mol. The molecule has 1 amide bonds. The Morgan fingerprint density at radius 1 is 1.31 bits per heavy atom. The van der Waals surface area contributed by atoms with Gasteiger partial charge >= 0.3 is 6.09 Å². The van der Waals surface area contributed by atoms with Crippen LogP contribution in [0.15, 0.2) is 0 Å². The van der Waals surface area contributed by atoms with Crippen LogP contribution in [0.5, 0.6) is 0 Å². The van der Waals surface area contributed by atoms with Crippen LogP contribution in [0.25, 0.3) is 0 Å². The Kier molecular flexibility index (Phi) is 1.79. The van der Waals surface area contributed by atoms with Crippen molar-refractivity contribution in [3.8, 4) is 0 Å². The zero-order valence-electron chi connectivity index (χ0n) is 8.54. The van der Waals surface area contributed by atoms with Crippen LogP contribution in [0, 0.1) is 11.8 Å². The molecule has 2 aliphatic rings. The van der Waals surface area contributed by atoms with E-state index < -0.39 is 0 Å². The maximum atomic E-state index is 11.5. The summed E-state index contributed by atoms with van der Waals surface area (Å²) >= 11 is 0. The minimum atomic E-state index is -0.357. The molecule has 1 heterocycles. The highest BCUT2D eigenvalue weighted by molar-refractivity contribution is 5.68.